The van der Waals surface area contributed by atoms with Crippen LogP contribution in [0.3, 0.4) is 0 Å². The van der Waals surface area contributed by atoms with E-state index in [-0.39, 0.29) is 23.5 Å². The number of amides is 2. The first kappa shape index (κ1) is 20.6. The molecule has 5 nitrogen and oxygen atoms in total. The van der Waals surface area contributed by atoms with Crippen molar-refractivity contribution in [2.75, 3.05) is 20.3 Å². The summed E-state index contributed by atoms with van der Waals surface area (Å²) in [6.45, 7) is 0.839. The van der Waals surface area contributed by atoms with Gasteiger partial charge in [-0.15, -0.1) is 0 Å². The molecule has 0 aromatic heterocycles. The third-order valence-corrected chi connectivity index (χ3v) is 5.48. The second kappa shape index (κ2) is 9.36. The summed E-state index contributed by atoms with van der Waals surface area (Å²) in [5.41, 5.74) is 1.61. The van der Waals surface area contributed by atoms with Crippen LogP contribution in [0.4, 0.5) is 9.18 Å². The SMILES string of the molecule is COCCN1C(=O)S/C(=C/c2ccc(OCc3ccc(F)cc3)c(Br)c2)C1=O. The van der Waals surface area contributed by atoms with Crippen LogP contribution in [-0.2, 0) is 16.1 Å². The third-order valence-electron chi connectivity index (χ3n) is 3.95. The Morgan fingerprint density at radius 1 is 1.18 bits per heavy atom. The summed E-state index contributed by atoms with van der Waals surface area (Å²) >= 11 is 4.37. The van der Waals surface area contributed by atoms with Crippen molar-refractivity contribution in [2.45, 2.75) is 6.61 Å². The van der Waals surface area contributed by atoms with Gasteiger partial charge in [-0.1, -0.05) is 18.2 Å². The molecule has 1 fully saturated rings. The van der Waals surface area contributed by atoms with Crippen molar-refractivity contribution < 1.29 is 23.5 Å². The van der Waals surface area contributed by atoms with Gasteiger partial charge in [-0.25, -0.2) is 4.39 Å². The largest absolute Gasteiger partial charge is 0.488 e. The van der Waals surface area contributed by atoms with Crippen molar-refractivity contribution in [2.24, 2.45) is 0 Å². The second-order valence-electron chi connectivity index (χ2n) is 5.93. The van der Waals surface area contributed by atoms with Gasteiger partial charge in [-0.2, -0.15) is 0 Å². The zero-order valence-corrected chi connectivity index (χ0v) is 17.4. The van der Waals surface area contributed by atoms with E-state index in [9.17, 15) is 14.0 Å². The Balaban J connectivity index is 1.68. The number of thioether (sulfide) groups is 1. The van der Waals surface area contributed by atoms with E-state index in [0.717, 1.165) is 22.9 Å². The quantitative estimate of drug-likeness (QED) is 0.547. The molecule has 0 spiro atoms. The van der Waals surface area contributed by atoms with Crippen molar-refractivity contribution in [3.63, 3.8) is 0 Å². The predicted octanol–water partition coefficient (Wildman–Crippen LogP) is 4.85. The highest BCUT2D eigenvalue weighted by Crippen LogP contribution is 2.34. The Kier molecular flexibility index (Phi) is 6.88. The molecule has 28 heavy (non-hydrogen) atoms. The van der Waals surface area contributed by atoms with Gasteiger partial charge in [0.1, 0.15) is 18.2 Å². The van der Waals surface area contributed by atoms with Gasteiger partial charge in [-0.3, -0.25) is 14.5 Å². The lowest BCUT2D eigenvalue weighted by molar-refractivity contribution is -0.123. The molecule has 0 bridgehead atoms. The van der Waals surface area contributed by atoms with Crippen LogP contribution >= 0.6 is 27.7 Å². The van der Waals surface area contributed by atoms with E-state index < -0.39 is 0 Å². The van der Waals surface area contributed by atoms with Crippen LogP contribution in [0.2, 0.25) is 0 Å². The second-order valence-corrected chi connectivity index (χ2v) is 7.78. The van der Waals surface area contributed by atoms with Gasteiger partial charge in [0.05, 0.1) is 22.5 Å². The maximum Gasteiger partial charge on any atom is 0.293 e. The summed E-state index contributed by atoms with van der Waals surface area (Å²) in [7, 11) is 1.52. The van der Waals surface area contributed by atoms with Gasteiger partial charge in [0.2, 0.25) is 0 Å². The number of rotatable bonds is 7. The highest BCUT2D eigenvalue weighted by molar-refractivity contribution is 9.10. The van der Waals surface area contributed by atoms with Gasteiger partial charge in [0.25, 0.3) is 11.1 Å². The van der Waals surface area contributed by atoms with Gasteiger partial charge < -0.3 is 9.47 Å². The van der Waals surface area contributed by atoms with Gasteiger partial charge in [0, 0.05) is 7.11 Å². The van der Waals surface area contributed by atoms with E-state index in [4.69, 9.17) is 9.47 Å². The van der Waals surface area contributed by atoms with E-state index >= 15 is 0 Å². The molecular weight excluding hydrogens is 449 g/mol. The zero-order valence-electron chi connectivity index (χ0n) is 15.0. The van der Waals surface area contributed by atoms with E-state index in [2.05, 4.69) is 15.9 Å². The average Bonchev–Trinajstić information content (AvgIpc) is 2.94. The molecule has 8 heteroatoms. The minimum absolute atomic E-state index is 0.234. The fourth-order valence-electron chi connectivity index (χ4n) is 2.49. The van der Waals surface area contributed by atoms with Crippen LogP contribution < -0.4 is 4.74 Å². The first-order valence-corrected chi connectivity index (χ1v) is 10.00. The molecule has 146 valence electrons. The molecule has 0 aliphatic carbocycles. The number of carbonyl (C=O) groups excluding carboxylic acids is 2. The smallest absolute Gasteiger partial charge is 0.293 e. The molecule has 0 N–H and O–H groups in total. The van der Waals surface area contributed by atoms with Crippen LogP contribution in [0.5, 0.6) is 5.75 Å². The Morgan fingerprint density at radius 3 is 2.61 bits per heavy atom. The molecule has 0 atom stereocenters. The number of benzene rings is 2. The Bertz CT molecular complexity index is 917. The minimum atomic E-state index is -0.320. The summed E-state index contributed by atoms with van der Waals surface area (Å²) in [5.74, 6) is 0.00963. The molecule has 1 saturated heterocycles. The average molecular weight is 466 g/mol. The first-order chi connectivity index (χ1) is 13.5. The minimum Gasteiger partial charge on any atom is -0.488 e. The highest BCUT2D eigenvalue weighted by Gasteiger charge is 2.34. The predicted molar refractivity (Wildman–Crippen MR) is 109 cm³/mol. The van der Waals surface area contributed by atoms with Gasteiger partial charge in [-0.05, 0) is 69.2 Å². The first-order valence-electron chi connectivity index (χ1n) is 8.39. The number of hydrogen-bond donors (Lipinski definition) is 0. The van der Waals surface area contributed by atoms with Crippen molar-refractivity contribution in [1.29, 1.82) is 0 Å². The maximum absolute atomic E-state index is 13.0. The topological polar surface area (TPSA) is 55.8 Å². The van der Waals surface area contributed by atoms with Crippen LogP contribution in [0.25, 0.3) is 6.08 Å². The maximum atomic E-state index is 13.0. The zero-order chi connectivity index (χ0) is 20.1. The number of ether oxygens (including phenoxy) is 2. The Morgan fingerprint density at radius 2 is 1.93 bits per heavy atom. The summed E-state index contributed by atoms with van der Waals surface area (Å²) in [5, 5.41) is -0.299. The molecule has 0 radical (unpaired) electrons. The number of carbonyl (C=O) groups is 2. The summed E-state index contributed by atoms with van der Waals surface area (Å²) in [6.07, 6.45) is 1.67. The Labute approximate surface area is 174 Å². The van der Waals surface area contributed by atoms with Crippen molar-refractivity contribution >= 4 is 44.9 Å². The number of halogens is 2. The van der Waals surface area contributed by atoms with E-state index in [1.54, 1.807) is 30.3 Å². The van der Waals surface area contributed by atoms with E-state index in [0.29, 0.717) is 28.3 Å². The summed E-state index contributed by atoms with van der Waals surface area (Å²) < 4.78 is 24.3. The number of nitrogens with zero attached hydrogens (tertiary/aromatic N) is 1. The molecule has 2 aromatic rings. The normalized spacial score (nSPS) is 15.5. The standard InChI is InChI=1S/C20H17BrFNO4S/c1-26-9-8-23-19(24)18(28-20(23)25)11-14-4-7-17(16(21)10-14)27-12-13-2-5-15(22)6-3-13/h2-7,10-11H,8-9,12H2,1H3/b18-11+. The molecule has 0 saturated carbocycles. The monoisotopic (exact) mass is 465 g/mol. The molecular formula is C20H17BrFNO4S. The lowest BCUT2D eigenvalue weighted by Crippen LogP contribution is -2.31. The molecule has 0 unspecified atom stereocenters. The molecule has 1 aliphatic rings. The number of methoxy groups -OCH3 is 1. The van der Waals surface area contributed by atoms with Gasteiger partial charge >= 0.3 is 0 Å². The van der Waals surface area contributed by atoms with E-state index in [1.807, 2.05) is 6.07 Å². The lowest BCUT2D eigenvalue weighted by atomic mass is 10.2. The molecule has 2 amide bonds. The molecule has 3 rings (SSSR count). The third kappa shape index (κ3) is 5.01. The summed E-state index contributed by atoms with van der Waals surface area (Å²) in [6, 6.07) is 11.5. The van der Waals surface area contributed by atoms with Crippen LogP contribution in [0.1, 0.15) is 11.1 Å². The molecule has 2 aromatic carbocycles. The fourth-order valence-corrected chi connectivity index (χ4v) is 3.87. The van der Waals surface area contributed by atoms with Crippen molar-refractivity contribution in [3.8, 4) is 5.75 Å². The Hall–Kier alpha value is -2.16. The highest BCUT2D eigenvalue weighted by atomic mass is 79.9. The van der Waals surface area contributed by atoms with Crippen LogP contribution in [0, 0.1) is 5.82 Å². The van der Waals surface area contributed by atoms with E-state index in [1.165, 1.54) is 24.1 Å². The van der Waals surface area contributed by atoms with Crippen LogP contribution in [0.15, 0.2) is 51.8 Å². The summed E-state index contributed by atoms with van der Waals surface area (Å²) in [4.78, 5) is 25.9. The van der Waals surface area contributed by atoms with Crippen molar-refractivity contribution in [1.82, 2.24) is 4.90 Å². The lowest BCUT2D eigenvalue weighted by Gasteiger charge is -2.11. The molecule has 1 aliphatic heterocycles. The van der Waals surface area contributed by atoms with Gasteiger partial charge in [0.15, 0.2) is 0 Å². The number of hydrogen-bond acceptors (Lipinski definition) is 5. The fraction of sp³-hybridized carbons (Fsp3) is 0.200. The van der Waals surface area contributed by atoms with Crippen molar-refractivity contribution in [3.05, 3.63) is 68.8 Å². The number of imide groups is 1. The molecule has 1 heterocycles. The van der Waals surface area contributed by atoms with Crippen LogP contribution in [-0.4, -0.2) is 36.3 Å².